The van der Waals surface area contributed by atoms with E-state index in [-0.39, 0.29) is 17.9 Å². The lowest BCUT2D eigenvalue weighted by Crippen LogP contribution is -2.34. The van der Waals surface area contributed by atoms with Crippen LogP contribution in [0.15, 0.2) is 0 Å². The Balaban J connectivity index is 1.48. The molecule has 2 rings (SSSR count). The van der Waals surface area contributed by atoms with Crippen LogP contribution in [0, 0.1) is 5.92 Å². The van der Waals surface area contributed by atoms with Crippen molar-refractivity contribution in [3.63, 3.8) is 0 Å². The second-order valence-corrected chi connectivity index (χ2v) is 5.54. The summed E-state index contributed by atoms with van der Waals surface area (Å²) >= 11 is 0. The first-order valence-electron chi connectivity index (χ1n) is 7.47. The van der Waals surface area contributed by atoms with Crippen molar-refractivity contribution < 1.29 is 14.3 Å². The molecule has 0 aromatic heterocycles. The van der Waals surface area contributed by atoms with E-state index in [1.165, 1.54) is 0 Å². The van der Waals surface area contributed by atoms with Crippen LogP contribution in [0.25, 0.3) is 0 Å². The molecule has 2 aliphatic rings. The fourth-order valence-corrected chi connectivity index (χ4v) is 2.64. The van der Waals surface area contributed by atoms with E-state index in [1.807, 2.05) is 6.92 Å². The molecule has 19 heavy (non-hydrogen) atoms. The number of carbonyl (C=O) groups excluding carboxylic acids is 1. The van der Waals surface area contributed by atoms with E-state index >= 15 is 0 Å². The van der Waals surface area contributed by atoms with Gasteiger partial charge in [-0.05, 0) is 45.7 Å². The minimum Gasteiger partial charge on any atom is -0.378 e. The minimum atomic E-state index is 0.0420. The number of piperidine rings is 1. The lowest BCUT2D eigenvalue weighted by Gasteiger charge is -2.22. The summed E-state index contributed by atoms with van der Waals surface area (Å²) in [5.41, 5.74) is 0. The zero-order chi connectivity index (χ0) is 13.5. The molecule has 5 heteroatoms. The molecule has 0 radical (unpaired) electrons. The molecule has 2 saturated heterocycles. The van der Waals surface area contributed by atoms with Crippen LogP contribution in [0.2, 0.25) is 0 Å². The highest BCUT2D eigenvalue weighted by Gasteiger charge is 2.27. The maximum Gasteiger partial charge on any atom is 0.225 e. The van der Waals surface area contributed by atoms with E-state index < -0.39 is 0 Å². The summed E-state index contributed by atoms with van der Waals surface area (Å²) in [6, 6.07) is 0. The summed E-state index contributed by atoms with van der Waals surface area (Å²) in [5, 5.41) is 6.29. The predicted molar refractivity (Wildman–Crippen MR) is 73.0 cm³/mol. The first-order chi connectivity index (χ1) is 9.25. The Labute approximate surface area is 115 Å². The predicted octanol–water partition coefficient (Wildman–Crippen LogP) is 0.686. The van der Waals surface area contributed by atoms with Crippen LogP contribution < -0.4 is 10.6 Å². The molecular formula is C14H26N2O3. The highest BCUT2D eigenvalue weighted by molar-refractivity contribution is 5.79. The molecule has 0 aromatic rings. The fraction of sp³-hybridized carbons (Fsp3) is 0.929. The number of carbonyl (C=O) groups is 1. The highest BCUT2D eigenvalue weighted by Crippen LogP contribution is 2.18. The Morgan fingerprint density at radius 1 is 1.42 bits per heavy atom. The molecule has 2 fully saturated rings. The highest BCUT2D eigenvalue weighted by atomic mass is 16.5. The molecule has 0 saturated carbocycles. The van der Waals surface area contributed by atoms with Crippen molar-refractivity contribution in [2.24, 2.45) is 5.92 Å². The first-order valence-corrected chi connectivity index (χ1v) is 7.47. The van der Waals surface area contributed by atoms with Crippen LogP contribution in [0.3, 0.4) is 0 Å². The minimum absolute atomic E-state index is 0.0420. The van der Waals surface area contributed by atoms with Gasteiger partial charge in [0, 0.05) is 13.2 Å². The summed E-state index contributed by atoms with van der Waals surface area (Å²) in [4.78, 5) is 11.8. The van der Waals surface area contributed by atoms with E-state index in [1.54, 1.807) is 0 Å². The van der Waals surface area contributed by atoms with Gasteiger partial charge < -0.3 is 20.1 Å². The van der Waals surface area contributed by atoms with E-state index in [0.717, 1.165) is 45.4 Å². The molecule has 2 unspecified atom stereocenters. The zero-order valence-corrected chi connectivity index (χ0v) is 11.8. The maximum absolute atomic E-state index is 11.8. The standard InChI is InChI=1S/C14H26N2O3/c1-11-9-12(10-19-11)14(17)16-5-2-8-18-13-3-6-15-7-4-13/h11-13,15H,2-10H2,1H3,(H,16,17). The van der Waals surface area contributed by atoms with Gasteiger partial charge in [0.1, 0.15) is 0 Å². The average molecular weight is 270 g/mol. The zero-order valence-electron chi connectivity index (χ0n) is 11.8. The van der Waals surface area contributed by atoms with Gasteiger partial charge in [0.2, 0.25) is 5.91 Å². The van der Waals surface area contributed by atoms with Gasteiger partial charge in [-0.15, -0.1) is 0 Å². The number of rotatable bonds is 6. The molecule has 0 spiro atoms. The van der Waals surface area contributed by atoms with E-state index in [9.17, 15) is 4.79 Å². The third-order valence-corrected chi connectivity index (χ3v) is 3.83. The normalized spacial score (nSPS) is 28.5. The molecule has 2 atom stereocenters. The quantitative estimate of drug-likeness (QED) is 0.697. The van der Waals surface area contributed by atoms with Crippen LogP contribution in [-0.4, -0.2) is 51.0 Å². The van der Waals surface area contributed by atoms with Gasteiger partial charge in [-0.25, -0.2) is 0 Å². The number of ether oxygens (including phenoxy) is 2. The van der Waals surface area contributed by atoms with Gasteiger partial charge in [0.25, 0.3) is 0 Å². The molecule has 2 N–H and O–H groups in total. The third kappa shape index (κ3) is 5.09. The number of hydrogen-bond donors (Lipinski definition) is 2. The number of nitrogens with one attached hydrogen (secondary N) is 2. The van der Waals surface area contributed by atoms with E-state index in [2.05, 4.69) is 10.6 Å². The number of hydrogen-bond acceptors (Lipinski definition) is 4. The third-order valence-electron chi connectivity index (χ3n) is 3.83. The second-order valence-electron chi connectivity index (χ2n) is 5.54. The van der Waals surface area contributed by atoms with Gasteiger partial charge in [-0.2, -0.15) is 0 Å². The summed E-state index contributed by atoms with van der Waals surface area (Å²) in [6.45, 7) is 6.14. The Morgan fingerprint density at radius 3 is 2.89 bits per heavy atom. The Bertz CT molecular complexity index is 280. The SMILES string of the molecule is CC1CC(C(=O)NCCCOC2CCNCC2)CO1. The molecule has 1 amide bonds. The van der Waals surface area contributed by atoms with Crippen LogP contribution in [-0.2, 0) is 14.3 Å². The Kier molecular flexibility index (Phi) is 6.07. The number of amides is 1. The topological polar surface area (TPSA) is 59.6 Å². The molecule has 2 aliphatic heterocycles. The maximum atomic E-state index is 11.8. The first kappa shape index (κ1) is 14.8. The van der Waals surface area contributed by atoms with Crippen LogP contribution in [0.5, 0.6) is 0 Å². The Hall–Kier alpha value is -0.650. The van der Waals surface area contributed by atoms with Crippen LogP contribution in [0.1, 0.15) is 32.6 Å². The van der Waals surface area contributed by atoms with E-state index in [4.69, 9.17) is 9.47 Å². The van der Waals surface area contributed by atoms with Crippen molar-refractivity contribution in [3.05, 3.63) is 0 Å². The van der Waals surface area contributed by atoms with Gasteiger partial charge in [0.15, 0.2) is 0 Å². The fourth-order valence-electron chi connectivity index (χ4n) is 2.64. The lowest BCUT2D eigenvalue weighted by atomic mass is 10.1. The molecular weight excluding hydrogens is 244 g/mol. The Morgan fingerprint density at radius 2 is 2.21 bits per heavy atom. The largest absolute Gasteiger partial charge is 0.378 e. The molecule has 0 aliphatic carbocycles. The smallest absolute Gasteiger partial charge is 0.225 e. The summed E-state index contributed by atoms with van der Waals surface area (Å²) in [5.74, 6) is 0.173. The summed E-state index contributed by atoms with van der Waals surface area (Å²) in [7, 11) is 0. The van der Waals surface area contributed by atoms with E-state index in [0.29, 0.717) is 19.3 Å². The summed E-state index contributed by atoms with van der Waals surface area (Å²) in [6.07, 6.45) is 4.56. The van der Waals surface area contributed by atoms with Crippen molar-refractivity contribution >= 4 is 5.91 Å². The van der Waals surface area contributed by atoms with Crippen LogP contribution >= 0.6 is 0 Å². The lowest BCUT2D eigenvalue weighted by molar-refractivity contribution is -0.125. The van der Waals surface area contributed by atoms with Crippen molar-refractivity contribution in [1.29, 1.82) is 0 Å². The van der Waals surface area contributed by atoms with Crippen molar-refractivity contribution in [2.45, 2.75) is 44.8 Å². The molecule has 5 nitrogen and oxygen atoms in total. The van der Waals surface area contributed by atoms with Crippen molar-refractivity contribution in [1.82, 2.24) is 10.6 Å². The molecule has 0 bridgehead atoms. The van der Waals surface area contributed by atoms with Crippen LogP contribution in [0.4, 0.5) is 0 Å². The molecule has 0 aromatic carbocycles. The molecule has 2 heterocycles. The van der Waals surface area contributed by atoms with Gasteiger partial charge in [-0.3, -0.25) is 4.79 Å². The average Bonchev–Trinajstić information content (AvgIpc) is 2.86. The van der Waals surface area contributed by atoms with Gasteiger partial charge >= 0.3 is 0 Å². The van der Waals surface area contributed by atoms with Gasteiger partial charge in [-0.1, -0.05) is 0 Å². The monoisotopic (exact) mass is 270 g/mol. The summed E-state index contributed by atoms with van der Waals surface area (Å²) < 4.78 is 11.2. The van der Waals surface area contributed by atoms with Gasteiger partial charge in [0.05, 0.1) is 24.7 Å². The van der Waals surface area contributed by atoms with Crippen molar-refractivity contribution in [3.8, 4) is 0 Å². The van der Waals surface area contributed by atoms with Crippen molar-refractivity contribution in [2.75, 3.05) is 32.8 Å². The second kappa shape index (κ2) is 7.82. The molecule has 110 valence electrons.